The van der Waals surface area contributed by atoms with Gasteiger partial charge in [-0.15, -0.1) is 11.3 Å². The molecule has 0 atom stereocenters. The summed E-state index contributed by atoms with van der Waals surface area (Å²) in [5.41, 5.74) is 0. The standard InChI is InChI=1S/C11H7ClO2S/c12-8(6-11(13)14)10-5-7-3-1-2-4-9(7)15-10/h1-6H,(H,13,14)/b8-6+. The zero-order chi connectivity index (χ0) is 10.8. The highest BCUT2D eigenvalue weighted by atomic mass is 35.5. The monoisotopic (exact) mass is 238 g/mol. The molecule has 2 aromatic rings. The summed E-state index contributed by atoms with van der Waals surface area (Å²) in [4.78, 5) is 11.2. The molecule has 4 heteroatoms. The molecule has 76 valence electrons. The quantitative estimate of drug-likeness (QED) is 0.813. The van der Waals surface area contributed by atoms with Crippen LogP contribution in [0.2, 0.25) is 0 Å². The van der Waals surface area contributed by atoms with Crippen molar-refractivity contribution < 1.29 is 9.90 Å². The van der Waals surface area contributed by atoms with Crippen LogP contribution in [0.1, 0.15) is 4.88 Å². The molecule has 1 aromatic heterocycles. The fraction of sp³-hybridized carbons (Fsp3) is 0. The molecule has 0 saturated heterocycles. The van der Waals surface area contributed by atoms with E-state index in [9.17, 15) is 4.79 Å². The Labute approximate surface area is 95.4 Å². The lowest BCUT2D eigenvalue weighted by molar-refractivity contribution is -0.131. The van der Waals surface area contributed by atoms with Gasteiger partial charge in [-0.2, -0.15) is 0 Å². The van der Waals surface area contributed by atoms with Gasteiger partial charge in [-0.3, -0.25) is 0 Å². The fourth-order valence-electron chi connectivity index (χ4n) is 1.28. The van der Waals surface area contributed by atoms with Crippen LogP contribution in [0.25, 0.3) is 15.1 Å². The van der Waals surface area contributed by atoms with E-state index >= 15 is 0 Å². The third-order valence-corrected chi connectivity index (χ3v) is 3.49. The Hall–Kier alpha value is -1.32. The molecular weight excluding hydrogens is 232 g/mol. The minimum Gasteiger partial charge on any atom is -0.478 e. The number of carboxylic acids is 1. The first-order chi connectivity index (χ1) is 7.16. The lowest BCUT2D eigenvalue weighted by atomic mass is 10.2. The number of halogens is 1. The maximum absolute atomic E-state index is 10.4. The summed E-state index contributed by atoms with van der Waals surface area (Å²) in [6.07, 6.45) is 1.01. The van der Waals surface area contributed by atoms with Crippen LogP contribution in [0.4, 0.5) is 0 Å². The highest BCUT2D eigenvalue weighted by Gasteiger charge is 2.05. The number of aliphatic carboxylic acids is 1. The second-order valence-electron chi connectivity index (χ2n) is 2.98. The number of hydrogen-bond donors (Lipinski definition) is 1. The second kappa shape index (κ2) is 4.04. The first kappa shape index (κ1) is 10.2. The van der Waals surface area contributed by atoms with Crippen molar-refractivity contribution in [1.82, 2.24) is 0 Å². The molecular formula is C11H7ClO2S. The molecule has 1 aromatic carbocycles. The van der Waals surface area contributed by atoms with Gasteiger partial charge in [0.1, 0.15) is 0 Å². The second-order valence-corrected chi connectivity index (χ2v) is 4.47. The summed E-state index contributed by atoms with van der Waals surface area (Å²) >= 11 is 7.35. The van der Waals surface area contributed by atoms with E-state index in [1.54, 1.807) is 0 Å². The van der Waals surface area contributed by atoms with Gasteiger partial charge in [0.25, 0.3) is 0 Å². The van der Waals surface area contributed by atoms with Gasteiger partial charge in [0, 0.05) is 15.7 Å². The van der Waals surface area contributed by atoms with Gasteiger partial charge in [0.2, 0.25) is 0 Å². The lowest BCUT2D eigenvalue weighted by Gasteiger charge is -1.89. The largest absolute Gasteiger partial charge is 0.478 e. The highest BCUT2D eigenvalue weighted by molar-refractivity contribution is 7.20. The fourth-order valence-corrected chi connectivity index (χ4v) is 2.51. The van der Waals surface area contributed by atoms with Crippen molar-refractivity contribution in [3.8, 4) is 0 Å². The van der Waals surface area contributed by atoms with Crippen LogP contribution in [0.3, 0.4) is 0 Å². The van der Waals surface area contributed by atoms with Crippen molar-refractivity contribution in [2.75, 3.05) is 0 Å². The maximum atomic E-state index is 10.4. The molecule has 2 nitrogen and oxygen atoms in total. The van der Waals surface area contributed by atoms with E-state index in [1.807, 2.05) is 30.3 Å². The number of thiophene rings is 1. The summed E-state index contributed by atoms with van der Waals surface area (Å²) in [6.45, 7) is 0. The van der Waals surface area contributed by atoms with Gasteiger partial charge >= 0.3 is 5.97 Å². The molecule has 1 heterocycles. The van der Waals surface area contributed by atoms with E-state index in [4.69, 9.17) is 16.7 Å². The van der Waals surface area contributed by atoms with Crippen LogP contribution in [0.15, 0.2) is 36.4 Å². The molecule has 0 aliphatic rings. The SMILES string of the molecule is O=C(O)/C=C(/Cl)c1cc2ccccc2s1. The van der Waals surface area contributed by atoms with Crippen LogP contribution in [0, 0.1) is 0 Å². The molecule has 0 aliphatic heterocycles. The van der Waals surface area contributed by atoms with Gasteiger partial charge in [0.05, 0.1) is 5.03 Å². The third kappa shape index (κ3) is 2.19. The van der Waals surface area contributed by atoms with E-state index < -0.39 is 5.97 Å². The minimum atomic E-state index is -1.03. The summed E-state index contributed by atoms with van der Waals surface area (Å²) in [7, 11) is 0. The molecule has 0 amide bonds. The summed E-state index contributed by atoms with van der Waals surface area (Å²) in [5.74, 6) is -1.03. The minimum absolute atomic E-state index is 0.267. The maximum Gasteiger partial charge on any atom is 0.329 e. The predicted molar refractivity (Wildman–Crippen MR) is 63.3 cm³/mol. The molecule has 1 N–H and O–H groups in total. The number of hydrogen-bond acceptors (Lipinski definition) is 2. The molecule has 0 aliphatic carbocycles. The summed E-state index contributed by atoms with van der Waals surface area (Å²) in [6, 6.07) is 9.72. The number of carbonyl (C=O) groups is 1. The number of carboxylic acid groups (broad SMARTS) is 1. The highest BCUT2D eigenvalue weighted by Crippen LogP contribution is 2.32. The van der Waals surface area contributed by atoms with Crippen LogP contribution < -0.4 is 0 Å². The number of fused-ring (bicyclic) bond motifs is 1. The molecule has 0 unspecified atom stereocenters. The molecule has 0 bridgehead atoms. The van der Waals surface area contributed by atoms with Gasteiger partial charge < -0.3 is 5.11 Å². The van der Waals surface area contributed by atoms with Gasteiger partial charge in [-0.1, -0.05) is 29.8 Å². The number of rotatable bonds is 2. The smallest absolute Gasteiger partial charge is 0.329 e. The Morgan fingerprint density at radius 1 is 1.40 bits per heavy atom. The summed E-state index contributed by atoms with van der Waals surface area (Å²) < 4.78 is 1.10. The zero-order valence-electron chi connectivity index (χ0n) is 7.61. The van der Waals surface area contributed by atoms with Gasteiger partial charge in [-0.25, -0.2) is 4.79 Å². The third-order valence-electron chi connectivity index (χ3n) is 1.91. The van der Waals surface area contributed by atoms with Crippen molar-refractivity contribution in [3.05, 3.63) is 41.3 Å². The van der Waals surface area contributed by atoms with Crippen molar-refractivity contribution >= 4 is 44.0 Å². The Kier molecular flexibility index (Phi) is 2.75. The van der Waals surface area contributed by atoms with Crippen molar-refractivity contribution in [2.24, 2.45) is 0 Å². The van der Waals surface area contributed by atoms with Crippen molar-refractivity contribution in [1.29, 1.82) is 0 Å². The van der Waals surface area contributed by atoms with Gasteiger partial charge in [-0.05, 0) is 17.5 Å². The van der Waals surface area contributed by atoms with Gasteiger partial charge in [0.15, 0.2) is 0 Å². The van der Waals surface area contributed by atoms with Crippen molar-refractivity contribution in [3.63, 3.8) is 0 Å². The molecule has 15 heavy (non-hydrogen) atoms. The van der Waals surface area contributed by atoms with E-state index in [1.165, 1.54) is 11.3 Å². The lowest BCUT2D eigenvalue weighted by Crippen LogP contribution is -1.86. The molecule has 0 fully saturated rings. The average molecular weight is 239 g/mol. The summed E-state index contributed by atoms with van der Waals surface area (Å²) in [5, 5.41) is 9.91. The van der Waals surface area contributed by atoms with E-state index in [-0.39, 0.29) is 5.03 Å². The Bertz CT molecular complexity index is 509. The van der Waals surface area contributed by atoms with Crippen LogP contribution in [-0.2, 0) is 4.79 Å². The first-order valence-corrected chi connectivity index (χ1v) is 5.45. The van der Waals surface area contributed by atoms with Crippen LogP contribution in [0.5, 0.6) is 0 Å². The molecule has 0 spiro atoms. The normalized spacial score (nSPS) is 11.9. The van der Waals surface area contributed by atoms with E-state index in [0.717, 1.165) is 21.0 Å². The Balaban J connectivity index is 2.49. The Morgan fingerprint density at radius 2 is 2.13 bits per heavy atom. The van der Waals surface area contributed by atoms with E-state index in [2.05, 4.69) is 0 Å². The zero-order valence-corrected chi connectivity index (χ0v) is 9.18. The first-order valence-electron chi connectivity index (χ1n) is 4.26. The molecule has 0 saturated carbocycles. The number of benzene rings is 1. The average Bonchev–Trinajstić information content (AvgIpc) is 2.59. The topological polar surface area (TPSA) is 37.3 Å². The molecule has 2 rings (SSSR count). The Morgan fingerprint density at radius 3 is 2.80 bits per heavy atom. The molecule has 0 radical (unpaired) electrons. The van der Waals surface area contributed by atoms with E-state index in [0.29, 0.717) is 0 Å². The van der Waals surface area contributed by atoms with Crippen molar-refractivity contribution in [2.45, 2.75) is 0 Å². The van der Waals surface area contributed by atoms with Crippen LogP contribution in [-0.4, -0.2) is 11.1 Å². The predicted octanol–water partition coefficient (Wildman–Crippen LogP) is 3.57. The van der Waals surface area contributed by atoms with Crippen LogP contribution >= 0.6 is 22.9 Å².